The fourth-order valence-electron chi connectivity index (χ4n) is 3.54. The first-order valence-electron chi connectivity index (χ1n) is 5.98. The standard InChI is InChI=1S/C12H21NO/c1-3-10-12(8-11(14)13-10)7-5-4-6-9(12)2/h9-10H,3-8H2,1-2H3,(H,13,14). The van der Waals surface area contributed by atoms with E-state index in [1.807, 2.05) is 0 Å². The Morgan fingerprint density at radius 1 is 1.50 bits per heavy atom. The van der Waals surface area contributed by atoms with Crippen LogP contribution in [-0.4, -0.2) is 11.9 Å². The van der Waals surface area contributed by atoms with Gasteiger partial charge in [-0.3, -0.25) is 4.79 Å². The molecule has 1 spiro atoms. The first-order chi connectivity index (χ1) is 6.69. The van der Waals surface area contributed by atoms with Crippen molar-refractivity contribution in [1.82, 2.24) is 5.32 Å². The van der Waals surface area contributed by atoms with Gasteiger partial charge in [0.1, 0.15) is 0 Å². The van der Waals surface area contributed by atoms with Gasteiger partial charge in [0.25, 0.3) is 0 Å². The largest absolute Gasteiger partial charge is 0.353 e. The molecular weight excluding hydrogens is 174 g/mol. The number of hydrogen-bond acceptors (Lipinski definition) is 1. The third kappa shape index (κ3) is 1.35. The summed E-state index contributed by atoms with van der Waals surface area (Å²) in [5, 5.41) is 3.16. The zero-order chi connectivity index (χ0) is 10.2. The minimum absolute atomic E-state index is 0.283. The van der Waals surface area contributed by atoms with Gasteiger partial charge in [-0.25, -0.2) is 0 Å². The van der Waals surface area contributed by atoms with Crippen LogP contribution >= 0.6 is 0 Å². The van der Waals surface area contributed by atoms with Crippen molar-refractivity contribution in [2.24, 2.45) is 11.3 Å². The summed E-state index contributed by atoms with van der Waals surface area (Å²) in [7, 11) is 0. The molecule has 0 radical (unpaired) electrons. The molecule has 1 N–H and O–H groups in total. The Morgan fingerprint density at radius 3 is 2.93 bits per heavy atom. The highest BCUT2D eigenvalue weighted by atomic mass is 16.2. The maximum Gasteiger partial charge on any atom is 0.220 e. The maximum absolute atomic E-state index is 11.5. The average molecular weight is 195 g/mol. The van der Waals surface area contributed by atoms with E-state index in [2.05, 4.69) is 19.2 Å². The Hall–Kier alpha value is -0.530. The molecular formula is C12H21NO. The summed E-state index contributed by atoms with van der Waals surface area (Å²) in [5.74, 6) is 1.01. The van der Waals surface area contributed by atoms with Gasteiger partial charge in [-0.1, -0.05) is 33.1 Å². The number of carbonyl (C=O) groups is 1. The molecule has 2 rings (SSSR count). The third-order valence-corrected chi connectivity index (χ3v) is 4.44. The Kier molecular flexibility index (Phi) is 2.54. The summed E-state index contributed by atoms with van der Waals surface area (Å²) in [4.78, 5) is 11.5. The number of carbonyl (C=O) groups excluding carboxylic acids is 1. The van der Waals surface area contributed by atoms with Crippen LogP contribution in [0.4, 0.5) is 0 Å². The zero-order valence-electron chi connectivity index (χ0n) is 9.31. The van der Waals surface area contributed by atoms with E-state index in [4.69, 9.17) is 0 Å². The molecule has 0 aromatic carbocycles. The van der Waals surface area contributed by atoms with Crippen LogP contribution in [-0.2, 0) is 4.79 Å². The van der Waals surface area contributed by atoms with E-state index >= 15 is 0 Å². The van der Waals surface area contributed by atoms with Crippen molar-refractivity contribution >= 4 is 5.91 Å². The Labute approximate surface area is 86.5 Å². The fourth-order valence-corrected chi connectivity index (χ4v) is 3.54. The van der Waals surface area contributed by atoms with Gasteiger partial charge >= 0.3 is 0 Å². The van der Waals surface area contributed by atoms with E-state index in [1.54, 1.807) is 0 Å². The summed E-state index contributed by atoms with van der Waals surface area (Å²) in [5.41, 5.74) is 0.310. The normalized spacial score (nSPS) is 42.9. The first kappa shape index (κ1) is 10.0. The lowest BCUT2D eigenvalue weighted by Gasteiger charge is -2.42. The van der Waals surface area contributed by atoms with Crippen LogP contribution in [0.25, 0.3) is 0 Å². The smallest absolute Gasteiger partial charge is 0.220 e. The molecule has 14 heavy (non-hydrogen) atoms. The summed E-state index contributed by atoms with van der Waals surface area (Å²) >= 11 is 0. The third-order valence-electron chi connectivity index (χ3n) is 4.44. The molecule has 1 heterocycles. The SMILES string of the molecule is CCC1NC(=O)CC12CCCCC2C. The maximum atomic E-state index is 11.5. The number of nitrogens with one attached hydrogen (secondary N) is 1. The van der Waals surface area contributed by atoms with Crippen molar-refractivity contribution < 1.29 is 4.79 Å². The Morgan fingerprint density at radius 2 is 2.29 bits per heavy atom. The van der Waals surface area contributed by atoms with Gasteiger partial charge in [0, 0.05) is 17.9 Å². The highest BCUT2D eigenvalue weighted by molar-refractivity contribution is 5.80. The number of rotatable bonds is 1. The van der Waals surface area contributed by atoms with Crippen molar-refractivity contribution in [2.45, 2.75) is 58.4 Å². The lowest BCUT2D eigenvalue weighted by atomic mass is 9.62. The molecule has 0 bridgehead atoms. The molecule has 2 fully saturated rings. The average Bonchev–Trinajstić information content (AvgIpc) is 2.49. The highest BCUT2D eigenvalue weighted by Gasteiger charge is 2.49. The van der Waals surface area contributed by atoms with E-state index in [0.29, 0.717) is 11.5 Å². The molecule has 3 unspecified atom stereocenters. The van der Waals surface area contributed by atoms with E-state index in [1.165, 1.54) is 25.7 Å². The predicted molar refractivity (Wildman–Crippen MR) is 56.9 cm³/mol. The summed E-state index contributed by atoms with van der Waals surface area (Å²) in [6, 6.07) is 0.449. The van der Waals surface area contributed by atoms with Crippen molar-refractivity contribution in [1.29, 1.82) is 0 Å². The van der Waals surface area contributed by atoms with Gasteiger partial charge in [-0.2, -0.15) is 0 Å². The van der Waals surface area contributed by atoms with Gasteiger partial charge < -0.3 is 5.32 Å². The molecule has 0 aromatic rings. The molecule has 80 valence electrons. The van der Waals surface area contributed by atoms with E-state index in [9.17, 15) is 4.79 Å². The van der Waals surface area contributed by atoms with Crippen LogP contribution in [0.3, 0.4) is 0 Å². The van der Waals surface area contributed by atoms with Gasteiger partial charge in [0.15, 0.2) is 0 Å². The van der Waals surface area contributed by atoms with Gasteiger partial charge in [0.05, 0.1) is 0 Å². The van der Waals surface area contributed by atoms with Crippen LogP contribution in [0.1, 0.15) is 52.4 Å². The number of amides is 1. The highest BCUT2D eigenvalue weighted by Crippen LogP contribution is 2.49. The second-order valence-corrected chi connectivity index (χ2v) is 5.09. The Balaban J connectivity index is 2.22. The van der Waals surface area contributed by atoms with Crippen molar-refractivity contribution in [3.63, 3.8) is 0 Å². The molecule has 1 saturated carbocycles. The van der Waals surface area contributed by atoms with Crippen molar-refractivity contribution in [3.8, 4) is 0 Å². The molecule has 3 atom stereocenters. The Bertz CT molecular complexity index is 238. The first-order valence-corrected chi connectivity index (χ1v) is 5.98. The monoisotopic (exact) mass is 195 g/mol. The van der Waals surface area contributed by atoms with Crippen LogP contribution in [0.5, 0.6) is 0 Å². The summed E-state index contributed by atoms with van der Waals surface area (Å²) < 4.78 is 0. The lowest BCUT2D eigenvalue weighted by Crippen LogP contribution is -2.42. The minimum atomic E-state index is 0.283. The molecule has 2 heteroatoms. The molecule has 2 nitrogen and oxygen atoms in total. The fraction of sp³-hybridized carbons (Fsp3) is 0.917. The van der Waals surface area contributed by atoms with Crippen LogP contribution < -0.4 is 5.32 Å². The lowest BCUT2D eigenvalue weighted by molar-refractivity contribution is -0.120. The zero-order valence-corrected chi connectivity index (χ0v) is 9.31. The van der Waals surface area contributed by atoms with E-state index in [0.717, 1.165) is 18.8 Å². The summed E-state index contributed by atoms with van der Waals surface area (Å²) in [6.07, 6.45) is 7.11. The molecule has 1 aliphatic heterocycles. The molecule has 0 aromatic heterocycles. The van der Waals surface area contributed by atoms with Crippen LogP contribution in [0, 0.1) is 11.3 Å². The predicted octanol–water partition coefficient (Wildman–Crippen LogP) is 2.48. The molecule has 1 amide bonds. The quantitative estimate of drug-likeness (QED) is 0.684. The summed E-state index contributed by atoms with van der Waals surface area (Å²) in [6.45, 7) is 4.53. The van der Waals surface area contributed by atoms with E-state index in [-0.39, 0.29) is 5.91 Å². The van der Waals surface area contributed by atoms with Gasteiger partial charge in [-0.05, 0) is 18.8 Å². The van der Waals surface area contributed by atoms with Crippen LogP contribution in [0.2, 0.25) is 0 Å². The van der Waals surface area contributed by atoms with Crippen molar-refractivity contribution in [2.75, 3.05) is 0 Å². The number of hydrogen-bond donors (Lipinski definition) is 1. The molecule has 1 aliphatic carbocycles. The molecule has 2 aliphatic rings. The van der Waals surface area contributed by atoms with Crippen LogP contribution in [0.15, 0.2) is 0 Å². The topological polar surface area (TPSA) is 29.1 Å². The molecule has 1 saturated heterocycles. The van der Waals surface area contributed by atoms with Gasteiger partial charge in [0.2, 0.25) is 5.91 Å². The minimum Gasteiger partial charge on any atom is -0.353 e. The van der Waals surface area contributed by atoms with Crippen molar-refractivity contribution in [3.05, 3.63) is 0 Å². The second-order valence-electron chi connectivity index (χ2n) is 5.09. The van der Waals surface area contributed by atoms with Gasteiger partial charge in [-0.15, -0.1) is 0 Å². The van der Waals surface area contributed by atoms with E-state index < -0.39 is 0 Å². The second kappa shape index (κ2) is 3.56.